The van der Waals surface area contributed by atoms with E-state index in [2.05, 4.69) is 41.5 Å². The second-order valence-electron chi connectivity index (χ2n) is 13.1. The van der Waals surface area contributed by atoms with Gasteiger partial charge in [0.25, 0.3) is 0 Å². The van der Waals surface area contributed by atoms with Gasteiger partial charge in [-0.2, -0.15) is 7.82 Å². The number of rotatable bonds is 15. The molecule has 0 saturated heterocycles. The summed E-state index contributed by atoms with van der Waals surface area (Å²) in [5.74, 6) is 4.45. The van der Waals surface area contributed by atoms with Gasteiger partial charge in [0.2, 0.25) is 0 Å². The Morgan fingerprint density at radius 3 is 1.79 bits per heavy atom. The Morgan fingerprint density at radius 2 is 1.30 bits per heavy atom. The van der Waals surface area contributed by atoms with Gasteiger partial charge in [0.05, 0.1) is 0 Å². The second-order valence-corrected chi connectivity index (χ2v) is 14.0. The second kappa shape index (κ2) is 24.1. The largest absolute Gasteiger partial charge is 1.00 e. The molecule has 1 unspecified atom stereocenters. The standard InChI is InChI=1S/C32H57NO2.3Na.H3O4P/c1-22(2)12-9-13-23(3)14-10-15-24(4)17-18-28(16-11-21-33)32(8)20-19-29-27(7)30(34)25(5)26(6)31(29)35-32;;;;1-5(2,3)4/h22-24,28,34H,9-21,33H2,1-8H3;;;;(H3,1,2,3,4)/q;3*+1;/p-3/t23-,24-,28?,32+;;;;/m1..../s1. The number of ether oxygens (including phenoxy) is 1. The third kappa shape index (κ3) is 18.9. The number of aromatic hydroxyl groups is 1. The van der Waals surface area contributed by atoms with Crippen molar-refractivity contribution in [1.29, 1.82) is 0 Å². The molecule has 0 aromatic heterocycles. The van der Waals surface area contributed by atoms with Gasteiger partial charge in [0.1, 0.15) is 17.1 Å². The summed E-state index contributed by atoms with van der Waals surface area (Å²) in [6, 6.07) is 0. The summed E-state index contributed by atoms with van der Waals surface area (Å²) >= 11 is 0. The molecule has 1 aromatic rings. The molecule has 1 heterocycles. The molecule has 0 aliphatic carbocycles. The summed E-state index contributed by atoms with van der Waals surface area (Å²) in [6.45, 7) is 18.8. The maximum atomic E-state index is 10.5. The smallest absolute Gasteiger partial charge is 0.822 e. The molecule has 7 nitrogen and oxygen atoms in total. The SMILES string of the molecule is Cc1c(C)c2c(c(C)c1O)CC[C@@](C)(C(CCCN)CC[C@H](C)CCC[C@H](C)CCCC(C)C)O2.O=P([O-])([O-])[O-].[Na+].[Na+].[Na+]. The van der Waals surface area contributed by atoms with Crippen LogP contribution >= 0.6 is 7.82 Å². The monoisotopic (exact) mass is 651 g/mol. The number of hydrogen-bond acceptors (Lipinski definition) is 7. The molecule has 0 saturated carbocycles. The third-order valence-electron chi connectivity index (χ3n) is 9.05. The van der Waals surface area contributed by atoms with E-state index in [0.29, 0.717) is 11.7 Å². The van der Waals surface area contributed by atoms with Crippen molar-refractivity contribution in [2.75, 3.05) is 6.54 Å². The first-order valence-corrected chi connectivity index (χ1v) is 16.9. The van der Waals surface area contributed by atoms with Crippen LogP contribution < -0.4 is 114 Å². The van der Waals surface area contributed by atoms with Crippen molar-refractivity contribution < 1.29 is 118 Å². The van der Waals surface area contributed by atoms with Gasteiger partial charge in [-0.15, -0.1) is 0 Å². The van der Waals surface area contributed by atoms with Gasteiger partial charge >= 0.3 is 88.7 Å². The first-order valence-electron chi connectivity index (χ1n) is 15.4. The summed E-state index contributed by atoms with van der Waals surface area (Å²) in [5.41, 5.74) is 10.0. The van der Waals surface area contributed by atoms with E-state index in [1.165, 1.54) is 56.9 Å². The summed E-state index contributed by atoms with van der Waals surface area (Å²) in [4.78, 5) is 25.6. The molecule has 0 spiro atoms. The fraction of sp³-hybridized carbons (Fsp3) is 0.812. The summed E-state index contributed by atoms with van der Waals surface area (Å²) in [7, 11) is -5.39. The average Bonchev–Trinajstić information content (AvgIpc) is 2.84. The quantitative estimate of drug-likeness (QED) is 0.152. The van der Waals surface area contributed by atoms with E-state index in [4.69, 9.17) is 29.7 Å². The normalized spacial score (nSPS) is 18.0. The zero-order chi connectivity index (χ0) is 30.7. The van der Waals surface area contributed by atoms with E-state index < -0.39 is 7.82 Å². The van der Waals surface area contributed by atoms with Gasteiger partial charge in [-0.1, -0.05) is 72.6 Å². The molecule has 43 heavy (non-hydrogen) atoms. The number of phenols is 1. The van der Waals surface area contributed by atoms with Crippen molar-refractivity contribution in [3.8, 4) is 11.5 Å². The minimum Gasteiger partial charge on any atom is -0.822 e. The van der Waals surface area contributed by atoms with Crippen LogP contribution in [0.3, 0.4) is 0 Å². The van der Waals surface area contributed by atoms with Gasteiger partial charge in [-0.25, -0.2) is 0 Å². The molecule has 4 atom stereocenters. The maximum Gasteiger partial charge on any atom is 1.00 e. The van der Waals surface area contributed by atoms with Crippen LogP contribution in [0.2, 0.25) is 0 Å². The van der Waals surface area contributed by atoms with Gasteiger partial charge in [-0.05, 0) is 107 Å². The van der Waals surface area contributed by atoms with E-state index in [0.717, 1.165) is 72.4 Å². The number of phosphoric acid groups is 1. The van der Waals surface area contributed by atoms with Gasteiger partial charge < -0.3 is 34.8 Å². The fourth-order valence-electron chi connectivity index (χ4n) is 6.14. The molecule has 3 N–H and O–H groups in total. The van der Waals surface area contributed by atoms with E-state index >= 15 is 0 Å². The predicted molar refractivity (Wildman–Crippen MR) is 159 cm³/mol. The Hall–Kier alpha value is 1.89. The van der Waals surface area contributed by atoms with E-state index in [9.17, 15) is 5.11 Å². The van der Waals surface area contributed by atoms with Crippen LogP contribution in [-0.4, -0.2) is 17.3 Å². The summed E-state index contributed by atoms with van der Waals surface area (Å²) in [5, 5.41) is 10.5. The Balaban J connectivity index is -0.00000184. The Kier molecular flexibility index (Phi) is 27.6. The summed E-state index contributed by atoms with van der Waals surface area (Å²) < 4.78 is 15.4. The molecule has 0 fully saturated rings. The molecular formula is C32H57NNa3O6P. The van der Waals surface area contributed by atoms with E-state index in [1.54, 1.807) is 0 Å². The van der Waals surface area contributed by atoms with Crippen LogP contribution in [0.4, 0.5) is 0 Å². The zero-order valence-electron chi connectivity index (χ0n) is 29.5. The van der Waals surface area contributed by atoms with Crippen molar-refractivity contribution in [2.45, 2.75) is 138 Å². The maximum absolute atomic E-state index is 10.5. The van der Waals surface area contributed by atoms with Gasteiger partial charge in [-0.3, -0.25) is 0 Å². The molecular weight excluding hydrogens is 594 g/mol. The number of fused-ring (bicyclic) bond motifs is 1. The first kappa shape index (κ1) is 49.3. The molecule has 11 heteroatoms. The molecule has 0 amide bonds. The van der Waals surface area contributed by atoms with Crippen molar-refractivity contribution in [1.82, 2.24) is 0 Å². The van der Waals surface area contributed by atoms with Crippen LogP contribution in [0.1, 0.15) is 128 Å². The Labute approximate surface area is 329 Å². The van der Waals surface area contributed by atoms with Crippen LogP contribution in [-0.2, 0) is 11.0 Å². The number of benzene rings is 1. The topological polar surface area (TPSA) is 142 Å². The molecule has 0 bridgehead atoms. The molecule has 1 aliphatic heterocycles. The molecule has 0 radical (unpaired) electrons. The minimum atomic E-state index is -5.39. The number of nitrogens with two attached hydrogens (primary N) is 1. The average molecular weight is 652 g/mol. The minimum absolute atomic E-state index is 0. The van der Waals surface area contributed by atoms with E-state index in [-0.39, 0.29) is 94.3 Å². The van der Waals surface area contributed by atoms with Crippen molar-refractivity contribution in [3.63, 3.8) is 0 Å². The van der Waals surface area contributed by atoms with Crippen LogP contribution in [0.15, 0.2) is 0 Å². The van der Waals surface area contributed by atoms with Crippen molar-refractivity contribution >= 4 is 7.82 Å². The fourth-order valence-corrected chi connectivity index (χ4v) is 6.14. The van der Waals surface area contributed by atoms with Gasteiger partial charge in [0.15, 0.2) is 0 Å². The predicted octanol–water partition coefficient (Wildman–Crippen LogP) is -3.01. The first-order chi connectivity index (χ1) is 18.5. The molecule has 1 aliphatic rings. The van der Waals surface area contributed by atoms with E-state index in [1.807, 2.05) is 13.8 Å². The van der Waals surface area contributed by atoms with Crippen LogP contribution in [0.5, 0.6) is 11.5 Å². The van der Waals surface area contributed by atoms with Crippen LogP contribution in [0, 0.1) is 44.4 Å². The molecule has 234 valence electrons. The number of phenolic OH excluding ortho intramolecular Hbond substituents is 1. The third-order valence-corrected chi connectivity index (χ3v) is 9.05. The molecule has 1 aromatic carbocycles. The zero-order valence-corrected chi connectivity index (χ0v) is 36.4. The Morgan fingerprint density at radius 1 is 0.814 bits per heavy atom. The van der Waals surface area contributed by atoms with Crippen molar-refractivity contribution in [3.05, 3.63) is 22.3 Å². The van der Waals surface area contributed by atoms with Crippen LogP contribution in [0.25, 0.3) is 0 Å². The number of hydrogen-bond donors (Lipinski definition) is 2. The van der Waals surface area contributed by atoms with Gasteiger partial charge in [0, 0.05) is 5.56 Å². The van der Waals surface area contributed by atoms with Crippen molar-refractivity contribution in [2.24, 2.45) is 29.4 Å². The molecule has 2 rings (SSSR count). The summed E-state index contributed by atoms with van der Waals surface area (Å²) in [6.07, 6.45) is 14.9. The Bertz CT molecular complexity index is 954.